The van der Waals surface area contributed by atoms with Gasteiger partial charge in [-0.3, -0.25) is 4.79 Å². The van der Waals surface area contributed by atoms with Crippen molar-refractivity contribution in [3.63, 3.8) is 0 Å². The van der Waals surface area contributed by atoms with Gasteiger partial charge in [0.15, 0.2) is 5.96 Å². The molecule has 2 rings (SSSR count). The quantitative estimate of drug-likeness (QED) is 0.314. The highest BCUT2D eigenvalue weighted by molar-refractivity contribution is 14.0. The van der Waals surface area contributed by atoms with Crippen LogP contribution in [0.1, 0.15) is 45.6 Å². The van der Waals surface area contributed by atoms with E-state index in [1.807, 2.05) is 24.3 Å². The van der Waals surface area contributed by atoms with Crippen molar-refractivity contribution in [1.82, 2.24) is 15.5 Å². The molecular weight excluding hydrogens is 453 g/mol. The first-order valence-corrected chi connectivity index (χ1v) is 9.74. The molecule has 27 heavy (non-hydrogen) atoms. The van der Waals surface area contributed by atoms with Crippen LogP contribution in [0.2, 0.25) is 0 Å². The van der Waals surface area contributed by atoms with Gasteiger partial charge in [-0.05, 0) is 50.4 Å². The van der Waals surface area contributed by atoms with Crippen molar-refractivity contribution < 1.29 is 4.79 Å². The predicted octanol–water partition coefficient (Wildman–Crippen LogP) is 3.19. The topological polar surface area (TPSA) is 68.8 Å². The average molecular weight is 487 g/mol. The van der Waals surface area contributed by atoms with Crippen LogP contribution in [-0.2, 0) is 11.3 Å². The van der Waals surface area contributed by atoms with E-state index in [0.29, 0.717) is 12.6 Å². The minimum atomic E-state index is -0.0601. The van der Waals surface area contributed by atoms with Crippen molar-refractivity contribution in [2.75, 3.05) is 31.5 Å². The van der Waals surface area contributed by atoms with E-state index in [1.165, 1.54) is 19.9 Å². The van der Waals surface area contributed by atoms with Crippen molar-refractivity contribution >= 4 is 41.5 Å². The van der Waals surface area contributed by atoms with Crippen molar-refractivity contribution in [3.8, 4) is 0 Å². The predicted molar refractivity (Wildman–Crippen MR) is 124 cm³/mol. The molecule has 0 atom stereocenters. The maximum absolute atomic E-state index is 11.2. The third-order valence-corrected chi connectivity index (χ3v) is 4.48. The molecule has 1 amide bonds. The molecule has 6 nitrogen and oxygen atoms in total. The van der Waals surface area contributed by atoms with Crippen LogP contribution in [0, 0.1) is 0 Å². The van der Waals surface area contributed by atoms with Crippen LogP contribution in [0.5, 0.6) is 0 Å². The fourth-order valence-electron chi connectivity index (χ4n) is 3.25. The normalized spacial score (nSPS) is 15.7. The first kappa shape index (κ1) is 23.7. The fourth-order valence-corrected chi connectivity index (χ4v) is 3.25. The first-order chi connectivity index (χ1) is 12.6. The standard InChI is InChI=1S/C20H33N5O.HI/c1-4-11-25-12-9-18(10-13-25)24-20(21-5-2)22-15-17-7-6-8-19(14-17)23-16(3)26;/h6-8,14,18H,4-5,9-13,15H2,1-3H3,(H,23,26)(H2,21,22,24);1H. The number of anilines is 1. The number of halogens is 1. The van der Waals surface area contributed by atoms with Crippen LogP contribution in [0.15, 0.2) is 29.3 Å². The third kappa shape index (κ3) is 8.92. The highest BCUT2D eigenvalue weighted by Gasteiger charge is 2.19. The monoisotopic (exact) mass is 487 g/mol. The molecule has 0 aromatic heterocycles. The van der Waals surface area contributed by atoms with Crippen LogP contribution in [0.25, 0.3) is 0 Å². The Morgan fingerprint density at radius 2 is 2.00 bits per heavy atom. The summed E-state index contributed by atoms with van der Waals surface area (Å²) in [5.41, 5.74) is 1.89. The Morgan fingerprint density at radius 1 is 1.26 bits per heavy atom. The van der Waals surface area contributed by atoms with Gasteiger partial charge in [0.2, 0.25) is 5.91 Å². The number of piperidine rings is 1. The highest BCUT2D eigenvalue weighted by atomic mass is 127. The molecule has 1 aliphatic rings. The van der Waals surface area contributed by atoms with Crippen LogP contribution >= 0.6 is 24.0 Å². The third-order valence-electron chi connectivity index (χ3n) is 4.48. The minimum Gasteiger partial charge on any atom is -0.357 e. The lowest BCUT2D eigenvalue weighted by molar-refractivity contribution is -0.114. The number of benzene rings is 1. The summed E-state index contributed by atoms with van der Waals surface area (Å²) in [5.74, 6) is 0.807. The lowest BCUT2D eigenvalue weighted by Crippen LogP contribution is -2.48. The second-order valence-corrected chi connectivity index (χ2v) is 6.84. The summed E-state index contributed by atoms with van der Waals surface area (Å²) in [5, 5.41) is 9.73. The zero-order valence-electron chi connectivity index (χ0n) is 16.8. The molecule has 1 aromatic rings. The van der Waals surface area contributed by atoms with Gasteiger partial charge in [0.1, 0.15) is 0 Å². The molecule has 0 spiro atoms. The van der Waals surface area contributed by atoms with Crippen LogP contribution in [0.3, 0.4) is 0 Å². The van der Waals surface area contributed by atoms with E-state index < -0.39 is 0 Å². The van der Waals surface area contributed by atoms with E-state index in [9.17, 15) is 4.79 Å². The summed E-state index contributed by atoms with van der Waals surface area (Å²) in [7, 11) is 0. The molecule has 1 saturated heterocycles. The maximum atomic E-state index is 11.2. The zero-order chi connectivity index (χ0) is 18.8. The Bertz CT molecular complexity index is 600. The summed E-state index contributed by atoms with van der Waals surface area (Å²) < 4.78 is 0. The molecule has 1 fully saturated rings. The molecule has 0 radical (unpaired) electrons. The molecule has 1 aliphatic heterocycles. The molecule has 1 heterocycles. The number of nitrogens with one attached hydrogen (secondary N) is 3. The number of carbonyl (C=O) groups is 1. The summed E-state index contributed by atoms with van der Waals surface area (Å²) >= 11 is 0. The molecule has 1 aromatic carbocycles. The van der Waals surface area contributed by atoms with E-state index in [2.05, 4.69) is 34.7 Å². The van der Waals surface area contributed by atoms with Crippen molar-refractivity contribution in [2.45, 2.75) is 52.6 Å². The SMILES string of the molecule is CCCN1CCC(NC(=NCc2cccc(NC(C)=O)c2)NCC)CC1.I. The van der Waals surface area contributed by atoms with Gasteiger partial charge in [0.05, 0.1) is 6.54 Å². The Labute approximate surface area is 180 Å². The van der Waals surface area contributed by atoms with Gasteiger partial charge >= 0.3 is 0 Å². The second kappa shape index (κ2) is 12.9. The van der Waals surface area contributed by atoms with Gasteiger partial charge in [-0.15, -0.1) is 24.0 Å². The van der Waals surface area contributed by atoms with Crippen LogP contribution in [-0.4, -0.2) is 49.0 Å². The molecule has 0 unspecified atom stereocenters. The maximum Gasteiger partial charge on any atom is 0.221 e. The summed E-state index contributed by atoms with van der Waals surface area (Å²) in [6.07, 6.45) is 3.53. The van der Waals surface area contributed by atoms with Gasteiger partial charge < -0.3 is 20.9 Å². The first-order valence-electron chi connectivity index (χ1n) is 9.74. The Hall–Kier alpha value is -1.35. The van der Waals surface area contributed by atoms with Gasteiger partial charge in [-0.1, -0.05) is 19.1 Å². The molecule has 3 N–H and O–H groups in total. The van der Waals surface area contributed by atoms with Crippen molar-refractivity contribution in [2.24, 2.45) is 4.99 Å². The highest BCUT2D eigenvalue weighted by Crippen LogP contribution is 2.12. The van der Waals surface area contributed by atoms with Crippen molar-refractivity contribution in [3.05, 3.63) is 29.8 Å². The Balaban J connectivity index is 0.00000364. The number of hydrogen-bond acceptors (Lipinski definition) is 3. The second-order valence-electron chi connectivity index (χ2n) is 6.84. The summed E-state index contributed by atoms with van der Waals surface area (Å²) in [6, 6.07) is 8.31. The van der Waals surface area contributed by atoms with E-state index in [0.717, 1.165) is 49.7 Å². The number of guanidine groups is 1. The van der Waals surface area contributed by atoms with E-state index in [-0.39, 0.29) is 29.9 Å². The number of aliphatic imine (C=N–C) groups is 1. The van der Waals surface area contributed by atoms with Crippen LogP contribution in [0.4, 0.5) is 5.69 Å². The molecule has 0 saturated carbocycles. The lowest BCUT2D eigenvalue weighted by Gasteiger charge is -2.32. The van der Waals surface area contributed by atoms with Gasteiger partial charge in [-0.2, -0.15) is 0 Å². The number of amides is 1. The van der Waals surface area contributed by atoms with Gasteiger partial charge in [0.25, 0.3) is 0 Å². The van der Waals surface area contributed by atoms with Gasteiger partial charge in [-0.25, -0.2) is 4.99 Å². The zero-order valence-corrected chi connectivity index (χ0v) is 19.1. The van der Waals surface area contributed by atoms with E-state index in [1.54, 1.807) is 0 Å². The fraction of sp³-hybridized carbons (Fsp3) is 0.600. The van der Waals surface area contributed by atoms with Gasteiger partial charge in [0, 0.05) is 38.3 Å². The number of nitrogens with zero attached hydrogens (tertiary/aromatic N) is 2. The summed E-state index contributed by atoms with van der Waals surface area (Å²) in [6.45, 7) is 10.8. The Kier molecular flexibility index (Phi) is 11.3. The Morgan fingerprint density at radius 3 is 2.63 bits per heavy atom. The van der Waals surface area contributed by atoms with E-state index in [4.69, 9.17) is 4.99 Å². The van der Waals surface area contributed by atoms with Crippen molar-refractivity contribution in [1.29, 1.82) is 0 Å². The van der Waals surface area contributed by atoms with Crippen LogP contribution < -0.4 is 16.0 Å². The molecule has 152 valence electrons. The number of hydrogen-bond donors (Lipinski definition) is 3. The number of rotatable bonds is 7. The minimum absolute atomic E-state index is 0. The van der Waals surface area contributed by atoms with E-state index >= 15 is 0 Å². The molecular formula is C20H34IN5O. The smallest absolute Gasteiger partial charge is 0.221 e. The lowest BCUT2D eigenvalue weighted by atomic mass is 10.1. The number of likely N-dealkylation sites (tertiary alicyclic amines) is 1. The average Bonchev–Trinajstić information content (AvgIpc) is 2.61. The molecule has 7 heteroatoms. The summed E-state index contributed by atoms with van der Waals surface area (Å²) in [4.78, 5) is 18.5. The number of carbonyl (C=O) groups excluding carboxylic acids is 1. The molecule has 0 aliphatic carbocycles. The molecule has 0 bridgehead atoms. The largest absolute Gasteiger partial charge is 0.357 e.